The van der Waals surface area contributed by atoms with E-state index < -0.39 is 0 Å². The van der Waals surface area contributed by atoms with Crippen LogP contribution in [0, 0.1) is 5.92 Å². The molecule has 14 heavy (non-hydrogen) atoms. The summed E-state index contributed by atoms with van der Waals surface area (Å²) in [6, 6.07) is 5.77. The summed E-state index contributed by atoms with van der Waals surface area (Å²) < 4.78 is 0. The fraction of sp³-hybridized carbons (Fsp3) is 0.455. The maximum absolute atomic E-state index is 5.91. The van der Waals surface area contributed by atoms with Crippen molar-refractivity contribution in [3.8, 4) is 0 Å². The maximum atomic E-state index is 5.91. The molecule has 0 unspecified atom stereocenters. The van der Waals surface area contributed by atoms with Gasteiger partial charge in [-0.15, -0.1) is 0 Å². The van der Waals surface area contributed by atoms with E-state index in [1.54, 1.807) is 0 Å². The third-order valence-electron chi connectivity index (χ3n) is 2.44. The van der Waals surface area contributed by atoms with Crippen molar-refractivity contribution >= 4 is 23.2 Å². The van der Waals surface area contributed by atoms with E-state index in [9.17, 15) is 0 Å². The molecule has 0 atom stereocenters. The van der Waals surface area contributed by atoms with Gasteiger partial charge in [0, 0.05) is 6.54 Å². The van der Waals surface area contributed by atoms with Crippen LogP contribution >= 0.6 is 23.2 Å². The lowest BCUT2D eigenvalue weighted by atomic mass is 10.2. The zero-order valence-electron chi connectivity index (χ0n) is 7.89. The Balaban J connectivity index is 1.85. The van der Waals surface area contributed by atoms with Crippen molar-refractivity contribution in [2.75, 3.05) is 6.54 Å². The average Bonchev–Trinajstić information content (AvgIpc) is 2.95. The largest absolute Gasteiger partial charge is 0.312 e. The van der Waals surface area contributed by atoms with Crippen LogP contribution in [0.1, 0.15) is 18.4 Å². The summed E-state index contributed by atoms with van der Waals surface area (Å²) in [6.07, 6.45) is 2.77. The minimum absolute atomic E-state index is 0.623. The fourth-order valence-corrected chi connectivity index (χ4v) is 1.71. The summed E-state index contributed by atoms with van der Waals surface area (Å²) in [4.78, 5) is 0. The number of benzene rings is 1. The molecule has 1 N–H and O–H groups in total. The van der Waals surface area contributed by atoms with Gasteiger partial charge in [0.2, 0.25) is 0 Å². The molecule has 3 heteroatoms. The molecular formula is C11H13Cl2N. The second-order valence-corrected chi connectivity index (χ2v) is 4.64. The molecule has 0 amide bonds. The van der Waals surface area contributed by atoms with Crippen LogP contribution in [-0.4, -0.2) is 6.54 Å². The van der Waals surface area contributed by atoms with Gasteiger partial charge in [0.05, 0.1) is 10.0 Å². The molecule has 0 spiro atoms. The Morgan fingerprint density at radius 1 is 1.21 bits per heavy atom. The van der Waals surface area contributed by atoms with Gasteiger partial charge < -0.3 is 5.32 Å². The zero-order chi connectivity index (χ0) is 9.97. The highest BCUT2D eigenvalue weighted by molar-refractivity contribution is 6.42. The average molecular weight is 230 g/mol. The summed E-state index contributed by atoms with van der Waals surface area (Å²) in [6.45, 7) is 2.01. The molecule has 1 aliphatic carbocycles. The molecule has 1 nitrogen and oxygen atoms in total. The van der Waals surface area contributed by atoms with Crippen molar-refractivity contribution in [1.29, 1.82) is 0 Å². The molecule has 0 saturated heterocycles. The lowest BCUT2D eigenvalue weighted by Gasteiger charge is -2.04. The van der Waals surface area contributed by atoms with Gasteiger partial charge in [-0.25, -0.2) is 0 Å². The maximum Gasteiger partial charge on any atom is 0.0595 e. The summed E-state index contributed by atoms with van der Waals surface area (Å²) in [7, 11) is 0. The molecule has 0 radical (unpaired) electrons. The third kappa shape index (κ3) is 2.88. The first-order valence-electron chi connectivity index (χ1n) is 4.90. The Morgan fingerprint density at radius 3 is 2.64 bits per heavy atom. The molecule has 1 fully saturated rings. The Morgan fingerprint density at radius 2 is 2.00 bits per heavy atom. The van der Waals surface area contributed by atoms with Gasteiger partial charge in [-0.05, 0) is 43.0 Å². The molecule has 1 saturated carbocycles. The molecule has 0 bridgehead atoms. The van der Waals surface area contributed by atoms with Crippen LogP contribution < -0.4 is 5.32 Å². The van der Waals surface area contributed by atoms with Crippen molar-refractivity contribution in [1.82, 2.24) is 5.32 Å². The molecule has 2 rings (SSSR count). The second-order valence-electron chi connectivity index (χ2n) is 3.82. The number of hydrogen-bond donors (Lipinski definition) is 1. The predicted octanol–water partition coefficient (Wildman–Crippen LogP) is 3.49. The number of hydrogen-bond acceptors (Lipinski definition) is 1. The molecule has 0 heterocycles. The van der Waals surface area contributed by atoms with Gasteiger partial charge in [-0.2, -0.15) is 0 Å². The normalized spacial score (nSPS) is 15.9. The quantitative estimate of drug-likeness (QED) is 0.834. The predicted molar refractivity (Wildman–Crippen MR) is 60.9 cm³/mol. The lowest BCUT2D eigenvalue weighted by Crippen LogP contribution is -2.15. The third-order valence-corrected chi connectivity index (χ3v) is 3.18. The van der Waals surface area contributed by atoms with Crippen LogP contribution in [0.4, 0.5) is 0 Å². The first-order chi connectivity index (χ1) is 6.75. The molecule has 1 aliphatic rings. The number of nitrogens with one attached hydrogen (secondary N) is 1. The van der Waals surface area contributed by atoms with Gasteiger partial charge in [0.25, 0.3) is 0 Å². The zero-order valence-corrected chi connectivity index (χ0v) is 9.41. The van der Waals surface area contributed by atoms with Gasteiger partial charge in [0.15, 0.2) is 0 Å². The van der Waals surface area contributed by atoms with Crippen LogP contribution in [-0.2, 0) is 6.54 Å². The lowest BCUT2D eigenvalue weighted by molar-refractivity contribution is 0.639. The van der Waals surface area contributed by atoms with Crippen molar-refractivity contribution in [3.63, 3.8) is 0 Å². The summed E-state index contributed by atoms with van der Waals surface area (Å²) in [5.74, 6) is 0.915. The van der Waals surface area contributed by atoms with Crippen molar-refractivity contribution in [2.45, 2.75) is 19.4 Å². The molecule has 1 aromatic rings. The standard InChI is InChI=1S/C11H13Cl2N/c12-10-4-3-9(5-11(10)13)7-14-6-8-1-2-8/h3-5,8,14H,1-2,6-7H2. The first-order valence-corrected chi connectivity index (χ1v) is 5.66. The van der Waals surface area contributed by atoms with E-state index in [4.69, 9.17) is 23.2 Å². The van der Waals surface area contributed by atoms with E-state index in [0.29, 0.717) is 10.0 Å². The topological polar surface area (TPSA) is 12.0 Å². The van der Waals surface area contributed by atoms with Gasteiger partial charge >= 0.3 is 0 Å². The number of rotatable bonds is 4. The minimum Gasteiger partial charge on any atom is -0.312 e. The molecule has 0 aromatic heterocycles. The van der Waals surface area contributed by atoms with E-state index in [-0.39, 0.29) is 0 Å². The fourth-order valence-electron chi connectivity index (χ4n) is 1.39. The van der Waals surface area contributed by atoms with Crippen molar-refractivity contribution < 1.29 is 0 Å². The van der Waals surface area contributed by atoms with Crippen LogP contribution in [0.15, 0.2) is 18.2 Å². The Hall–Kier alpha value is -0.240. The smallest absolute Gasteiger partial charge is 0.0595 e. The van der Waals surface area contributed by atoms with E-state index in [1.807, 2.05) is 18.2 Å². The molecule has 76 valence electrons. The van der Waals surface area contributed by atoms with E-state index in [0.717, 1.165) is 19.0 Å². The minimum atomic E-state index is 0.623. The van der Waals surface area contributed by atoms with Crippen molar-refractivity contribution in [3.05, 3.63) is 33.8 Å². The molecular weight excluding hydrogens is 217 g/mol. The Bertz CT molecular complexity index is 321. The molecule has 0 aliphatic heterocycles. The second kappa shape index (κ2) is 4.52. The summed E-state index contributed by atoms with van der Waals surface area (Å²) in [5, 5.41) is 4.67. The van der Waals surface area contributed by atoms with E-state index in [2.05, 4.69) is 5.32 Å². The van der Waals surface area contributed by atoms with Crippen LogP contribution in [0.5, 0.6) is 0 Å². The van der Waals surface area contributed by atoms with E-state index in [1.165, 1.54) is 18.4 Å². The van der Waals surface area contributed by atoms with Crippen molar-refractivity contribution in [2.24, 2.45) is 5.92 Å². The summed E-state index contributed by atoms with van der Waals surface area (Å²) >= 11 is 11.7. The van der Waals surface area contributed by atoms with Gasteiger partial charge in [-0.3, -0.25) is 0 Å². The van der Waals surface area contributed by atoms with Gasteiger partial charge in [-0.1, -0.05) is 29.3 Å². The Kier molecular flexibility index (Phi) is 3.32. The van der Waals surface area contributed by atoms with Crippen LogP contribution in [0.2, 0.25) is 10.0 Å². The highest BCUT2D eigenvalue weighted by Gasteiger charge is 2.20. The highest BCUT2D eigenvalue weighted by Crippen LogP contribution is 2.27. The highest BCUT2D eigenvalue weighted by atomic mass is 35.5. The van der Waals surface area contributed by atoms with Gasteiger partial charge in [0.1, 0.15) is 0 Å². The first kappa shape index (κ1) is 10.3. The SMILES string of the molecule is Clc1ccc(CNCC2CC2)cc1Cl. The Labute approximate surface area is 94.4 Å². The summed E-state index contributed by atoms with van der Waals surface area (Å²) in [5.41, 5.74) is 1.19. The number of halogens is 2. The van der Waals surface area contributed by atoms with Crippen LogP contribution in [0.3, 0.4) is 0 Å². The monoisotopic (exact) mass is 229 g/mol. The molecule has 1 aromatic carbocycles. The van der Waals surface area contributed by atoms with Crippen LogP contribution in [0.25, 0.3) is 0 Å². The van der Waals surface area contributed by atoms with E-state index >= 15 is 0 Å².